The number of rotatable bonds is 4. The fraction of sp³-hybridized carbons (Fsp3) is 0.286. The molecule has 3 aromatic rings. The normalized spacial score (nSPS) is 14.2. The van der Waals surface area contributed by atoms with Gasteiger partial charge in [-0.1, -0.05) is 18.2 Å². The molecular weight excluding hydrogens is 288 g/mol. The first-order valence-electron chi connectivity index (χ1n) is 6.57. The Labute approximate surface area is 125 Å². The second kappa shape index (κ2) is 5.25. The van der Waals surface area contributed by atoms with Crippen molar-refractivity contribution in [3.8, 4) is 11.4 Å². The van der Waals surface area contributed by atoms with E-state index in [1.54, 1.807) is 22.9 Å². The van der Waals surface area contributed by atoms with E-state index in [2.05, 4.69) is 15.5 Å². The molecule has 2 atom stereocenters. The summed E-state index contributed by atoms with van der Waals surface area (Å²) in [6, 6.07) is 7.69. The predicted octanol–water partition coefficient (Wildman–Crippen LogP) is 2.84. The number of hydrogen-bond donors (Lipinski definition) is 1. The summed E-state index contributed by atoms with van der Waals surface area (Å²) in [5, 5.41) is 24.0. The highest BCUT2D eigenvalue weighted by Crippen LogP contribution is 2.33. The second-order valence-electron chi connectivity index (χ2n) is 4.96. The Morgan fingerprint density at radius 1 is 1.33 bits per heavy atom. The molecule has 0 fully saturated rings. The summed E-state index contributed by atoms with van der Waals surface area (Å²) >= 11 is 1.62. The van der Waals surface area contributed by atoms with Crippen molar-refractivity contribution in [2.24, 2.45) is 5.92 Å². The number of carboxylic acids is 1. The first-order valence-corrected chi connectivity index (χ1v) is 7.45. The molecule has 0 aliphatic carbocycles. The third-order valence-electron chi connectivity index (χ3n) is 3.71. The number of aliphatic carboxylic acids is 1. The first-order chi connectivity index (χ1) is 10.1. The molecule has 0 saturated carbocycles. The number of benzene rings is 1. The Kier molecular flexibility index (Phi) is 3.42. The van der Waals surface area contributed by atoms with Crippen molar-refractivity contribution in [2.75, 3.05) is 0 Å². The van der Waals surface area contributed by atoms with Crippen LogP contribution in [0.4, 0.5) is 0 Å². The molecule has 2 unspecified atom stereocenters. The van der Waals surface area contributed by atoms with E-state index >= 15 is 0 Å². The zero-order valence-electron chi connectivity index (χ0n) is 11.6. The monoisotopic (exact) mass is 302 g/mol. The van der Waals surface area contributed by atoms with Gasteiger partial charge in [-0.05, 0) is 30.3 Å². The van der Waals surface area contributed by atoms with Gasteiger partial charge in [-0.3, -0.25) is 4.79 Å². The molecule has 0 radical (unpaired) electrons. The van der Waals surface area contributed by atoms with E-state index in [9.17, 15) is 4.79 Å². The van der Waals surface area contributed by atoms with Crippen LogP contribution in [0.1, 0.15) is 19.9 Å². The minimum Gasteiger partial charge on any atom is -0.481 e. The van der Waals surface area contributed by atoms with E-state index in [1.165, 1.54) is 0 Å². The Balaban J connectivity index is 2.09. The van der Waals surface area contributed by atoms with Crippen LogP contribution in [0, 0.1) is 5.92 Å². The Hall–Kier alpha value is -2.28. The van der Waals surface area contributed by atoms with E-state index in [0.29, 0.717) is 5.82 Å². The van der Waals surface area contributed by atoms with E-state index < -0.39 is 11.9 Å². The van der Waals surface area contributed by atoms with Gasteiger partial charge in [0.2, 0.25) is 0 Å². The molecule has 3 rings (SSSR count). The summed E-state index contributed by atoms with van der Waals surface area (Å²) in [5.41, 5.74) is 0.935. The summed E-state index contributed by atoms with van der Waals surface area (Å²) in [5.74, 6) is -0.829. The van der Waals surface area contributed by atoms with Crippen LogP contribution in [0.5, 0.6) is 0 Å². The number of thiophene rings is 1. The lowest BCUT2D eigenvalue weighted by Gasteiger charge is -2.17. The summed E-state index contributed by atoms with van der Waals surface area (Å²) in [4.78, 5) is 11.2. The summed E-state index contributed by atoms with van der Waals surface area (Å²) < 4.78 is 2.74. The number of nitrogens with zero attached hydrogens (tertiary/aromatic N) is 4. The maximum absolute atomic E-state index is 11.2. The van der Waals surface area contributed by atoms with Gasteiger partial charge >= 0.3 is 5.97 Å². The molecule has 108 valence electrons. The summed E-state index contributed by atoms with van der Waals surface area (Å²) in [6.07, 6.45) is 0. The molecule has 0 aliphatic rings. The highest BCUT2D eigenvalue weighted by atomic mass is 32.1. The Bertz CT molecular complexity index is 795. The van der Waals surface area contributed by atoms with E-state index in [1.807, 2.05) is 36.6 Å². The molecule has 6 nitrogen and oxygen atoms in total. The number of carbonyl (C=O) groups is 1. The van der Waals surface area contributed by atoms with Gasteiger partial charge in [-0.15, -0.1) is 16.4 Å². The average molecular weight is 302 g/mol. The lowest BCUT2D eigenvalue weighted by molar-refractivity contribution is -0.142. The number of fused-ring (bicyclic) bond motifs is 1. The topological polar surface area (TPSA) is 80.9 Å². The number of carboxylic acid groups (broad SMARTS) is 1. The minimum atomic E-state index is -0.862. The molecule has 1 N–H and O–H groups in total. The molecule has 2 aromatic heterocycles. The number of tetrazole rings is 1. The quantitative estimate of drug-likeness (QED) is 0.801. The SMILES string of the molecule is CC(C(=O)O)C(C)n1nnnc1-c1csc2ccccc12. The standard InChI is InChI=1S/C14H14N4O2S/c1-8(14(19)20)9(2)18-13(15-16-17-18)11-7-21-12-6-4-3-5-10(11)12/h3-9H,1-2H3,(H,19,20). The number of aromatic nitrogens is 4. The van der Waals surface area contributed by atoms with Gasteiger partial charge < -0.3 is 5.11 Å². The lowest BCUT2D eigenvalue weighted by atomic mass is 10.0. The molecule has 21 heavy (non-hydrogen) atoms. The van der Waals surface area contributed by atoms with Crippen LogP contribution in [-0.2, 0) is 4.79 Å². The van der Waals surface area contributed by atoms with Crippen molar-refractivity contribution < 1.29 is 9.90 Å². The van der Waals surface area contributed by atoms with Crippen LogP contribution in [0.15, 0.2) is 29.6 Å². The largest absolute Gasteiger partial charge is 0.481 e. The zero-order valence-corrected chi connectivity index (χ0v) is 12.4. The van der Waals surface area contributed by atoms with Crippen LogP contribution in [0.2, 0.25) is 0 Å². The third kappa shape index (κ3) is 2.29. The van der Waals surface area contributed by atoms with Crippen molar-refractivity contribution in [3.05, 3.63) is 29.6 Å². The maximum Gasteiger partial charge on any atom is 0.308 e. The smallest absolute Gasteiger partial charge is 0.308 e. The molecule has 0 amide bonds. The fourth-order valence-corrected chi connectivity index (χ4v) is 3.15. The third-order valence-corrected chi connectivity index (χ3v) is 4.68. The van der Waals surface area contributed by atoms with Gasteiger partial charge in [-0.25, -0.2) is 4.68 Å². The van der Waals surface area contributed by atoms with Crippen molar-refractivity contribution in [1.29, 1.82) is 0 Å². The molecule has 0 spiro atoms. The lowest BCUT2D eigenvalue weighted by Crippen LogP contribution is -2.23. The van der Waals surface area contributed by atoms with Gasteiger partial charge in [0, 0.05) is 21.0 Å². The molecule has 0 saturated heterocycles. The van der Waals surface area contributed by atoms with Gasteiger partial charge in [-0.2, -0.15) is 0 Å². The van der Waals surface area contributed by atoms with E-state index in [-0.39, 0.29) is 6.04 Å². The fourth-order valence-electron chi connectivity index (χ4n) is 2.21. The van der Waals surface area contributed by atoms with Crippen LogP contribution in [0.25, 0.3) is 21.5 Å². The van der Waals surface area contributed by atoms with Gasteiger partial charge in [0.15, 0.2) is 5.82 Å². The molecule has 0 aliphatic heterocycles. The maximum atomic E-state index is 11.2. The Morgan fingerprint density at radius 2 is 2.10 bits per heavy atom. The van der Waals surface area contributed by atoms with Crippen LogP contribution >= 0.6 is 11.3 Å². The highest BCUT2D eigenvalue weighted by molar-refractivity contribution is 7.17. The van der Waals surface area contributed by atoms with Crippen molar-refractivity contribution in [2.45, 2.75) is 19.9 Å². The van der Waals surface area contributed by atoms with Crippen LogP contribution < -0.4 is 0 Å². The zero-order chi connectivity index (χ0) is 15.0. The summed E-state index contributed by atoms with van der Waals surface area (Å²) in [7, 11) is 0. The van der Waals surface area contributed by atoms with Crippen molar-refractivity contribution in [1.82, 2.24) is 20.2 Å². The van der Waals surface area contributed by atoms with Gasteiger partial charge in [0.05, 0.1) is 12.0 Å². The second-order valence-corrected chi connectivity index (χ2v) is 5.87. The molecule has 7 heteroatoms. The van der Waals surface area contributed by atoms with E-state index in [4.69, 9.17) is 5.11 Å². The first kappa shape index (κ1) is 13.7. The van der Waals surface area contributed by atoms with Crippen LogP contribution in [0.3, 0.4) is 0 Å². The number of hydrogen-bond acceptors (Lipinski definition) is 5. The van der Waals surface area contributed by atoms with Gasteiger partial charge in [0.1, 0.15) is 0 Å². The minimum absolute atomic E-state index is 0.328. The molecule has 1 aromatic carbocycles. The van der Waals surface area contributed by atoms with Gasteiger partial charge in [0.25, 0.3) is 0 Å². The van der Waals surface area contributed by atoms with Crippen molar-refractivity contribution >= 4 is 27.4 Å². The average Bonchev–Trinajstić information content (AvgIpc) is 3.11. The Morgan fingerprint density at radius 3 is 2.86 bits per heavy atom. The van der Waals surface area contributed by atoms with Crippen molar-refractivity contribution in [3.63, 3.8) is 0 Å². The molecule has 0 bridgehead atoms. The summed E-state index contributed by atoms with van der Waals surface area (Å²) in [6.45, 7) is 3.47. The van der Waals surface area contributed by atoms with E-state index in [0.717, 1.165) is 15.6 Å². The molecular formula is C14H14N4O2S. The highest BCUT2D eigenvalue weighted by Gasteiger charge is 2.25. The predicted molar refractivity (Wildman–Crippen MR) is 80.1 cm³/mol. The van der Waals surface area contributed by atoms with Crippen LogP contribution in [-0.4, -0.2) is 31.3 Å². The molecule has 2 heterocycles.